The summed E-state index contributed by atoms with van der Waals surface area (Å²) in [5.41, 5.74) is 2.27. The van der Waals surface area contributed by atoms with Crippen LogP contribution in [-0.4, -0.2) is 42.7 Å². The summed E-state index contributed by atoms with van der Waals surface area (Å²) in [5, 5.41) is 10.2. The third kappa shape index (κ3) is 3.37. The monoisotopic (exact) mass is 356 g/mol. The molecule has 0 aliphatic carbocycles. The van der Waals surface area contributed by atoms with Crippen molar-refractivity contribution >= 4 is 12.0 Å². The normalized spacial score (nSPS) is 15.2. The highest BCUT2D eigenvalue weighted by molar-refractivity contribution is 5.82. The fourth-order valence-corrected chi connectivity index (χ4v) is 3.53. The van der Waals surface area contributed by atoms with Gasteiger partial charge in [0.25, 0.3) is 5.56 Å². The lowest BCUT2D eigenvalue weighted by molar-refractivity contribution is 0.0819. The molecule has 6 heteroatoms. The molecule has 0 saturated carbocycles. The van der Waals surface area contributed by atoms with Crippen LogP contribution in [0.25, 0.3) is 11.3 Å². The summed E-state index contributed by atoms with van der Waals surface area (Å²) in [6.45, 7) is 3.77. The lowest BCUT2D eigenvalue weighted by Gasteiger charge is -2.33. The van der Waals surface area contributed by atoms with Gasteiger partial charge in [-0.15, -0.1) is 0 Å². The van der Waals surface area contributed by atoms with E-state index in [-0.39, 0.29) is 11.3 Å². The van der Waals surface area contributed by atoms with Gasteiger partial charge in [-0.05, 0) is 37.0 Å². The van der Waals surface area contributed by atoms with Gasteiger partial charge in [-0.2, -0.15) is 0 Å². The predicted octanol–water partition coefficient (Wildman–Crippen LogP) is 2.74. The van der Waals surface area contributed by atoms with Crippen LogP contribution >= 0.6 is 0 Å². The van der Waals surface area contributed by atoms with Crippen LogP contribution in [0.4, 0.5) is 5.69 Å². The van der Waals surface area contributed by atoms with Crippen molar-refractivity contribution < 1.29 is 14.6 Å². The standard InChI is InChI=1S/C20H24N2O4/c1-3-16-18(21-20(25)17(12-23)19(16)24)13-4-6-14(7-5-13)22-10-8-15(26-2)9-11-22/h4-7,12,15H,3,8-11H2,1-2H3,(H2,21,24,25). The number of carbonyl (C=O) groups excluding carboxylic acids is 1. The van der Waals surface area contributed by atoms with Gasteiger partial charge in [0.15, 0.2) is 6.29 Å². The number of aromatic hydroxyl groups is 1. The number of carbonyl (C=O) groups is 1. The highest BCUT2D eigenvalue weighted by atomic mass is 16.5. The molecular weight excluding hydrogens is 332 g/mol. The first-order chi connectivity index (χ1) is 12.6. The van der Waals surface area contributed by atoms with E-state index in [2.05, 4.69) is 9.88 Å². The van der Waals surface area contributed by atoms with E-state index in [0.29, 0.717) is 30.1 Å². The number of nitrogens with zero attached hydrogens (tertiary/aromatic N) is 1. The molecule has 1 aromatic carbocycles. The molecule has 1 aromatic heterocycles. The SMILES string of the molecule is CCc1c(-c2ccc(N3CCC(OC)CC3)cc2)[nH]c(=O)c(C=O)c1O. The Morgan fingerprint density at radius 1 is 1.27 bits per heavy atom. The Morgan fingerprint density at radius 2 is 1.92 bits per heavy atom. The second-order valence-electron chi connectivity index (χ2n) is 6.51. The number of anilines is 1. The van der Waals surface area contributed by atoms with Crippen molar-refractivity contribution in [2.75, 3.05) is 25.1 Å². The van der Waals surface area contributed by atoms with Crippen LogP contribution in [0, 0.1) is 0 Å². The van der Waals surface area contributed by atoms with Gasteiger partial charge in [0.2, 0.25) is 0 Å². The first kappa shape index (κ1) is 18.2. The molecule has 0 bridgehead atoms. The van der Waals surface area contributed by atoms with Crippen LogP contribution in [0.1, 0.15) is 35.7 Å². The number of aldehydes is 1. The summed E-state index contributed by atoms with van der Waals surface area (Å²) in [7, 11) is 1.76. The predicted molar refractivity (Wildman–Crippen MR) is 101 cm³/mol. The zero-order valence-corrected chi connectivity index (χ0v) is 15.1. The fourth-order valence-electron chi connectivity index (χ4n) is 3.53. The molecule has 1 aliphatic heterocycles. The zero-order valence-electron chi connectivity index (χ0n) is 15.1. The van der Waals surface area contributed by atoms with Crippen LogP contribution in [0.2, 0.25) is 0 Å². The van der Waals surface area contributed by atoms with Crippen molar-refractivity contribution in [1.29, 1.82) is 0 Å². The van der Waals surface area contributed by atoms with Crippen LogP contribution in [0.15, 0.2) is 29.1 Å². The first-order valence-electron chi connectivity index (χ1n) is 8.90. The summed E-state index contributed by atoms with van der Waals surface area (Å²) in [6.07, 6.45) is 3.25. The zero-order chi connectivity index (χ0) is 18.7. The summed E-state index contributed by atoms with van der Waals surface area (Å²) < 4.78 is 5.41. The summed E-state index contributed by atoms with van der Waals surface area (Å²) in [6, 6.07) is 7.90. The van der Waals surface area contributed by atoms with E-state index in [4.69, 9.17) is 4.74 Å². The molecule has 0 spiro atoms. The Morgan fingerprint density at radius 3 is 2.46 bits per heavy atom. The number of aromatic nitrogens is 1. The smallest absolute Gasteiger partial charge is 0.262 e. The largest absolute Gasteiger partial charge is 0.507 e. The van der Waals surface area contributed by atoms with Crippen molar-refractivity contribution in [3.8, 4) is 17.0 Å². The van der Waals surface area contributed by atoms with Crippen molar-refractivity contribution in [1.82, 2.24) is 4.98 Å². The fraction of sp³-hybridized carbons (Fsp3) is 0.400. The molecule has 1 aliphatic rings. The van der Waals surface area contributed by atoms with E-state index in [0.717, 1.165) is 37.2 Å². The van der Waals surface area contributed by atoms with Gasteiger partial charge in [-0.1, -0.05) is 19.1 Å². The molecule has 2 heterocycles. The number of hydrogen-bond donors (Lipinski definition) is 2. The Balaban J connectivity index is 1.90. The number of nitrogens with one attached hydrogen (secondary N) is 1. The number of methoxy groups -OCH3 is 1. The van der Waals surface area contributed by atoms with E-state index in [1.54, 1.807) is 7.11 Å². The maximum absolute atomic E-state index is 12.0. The molecule has 1 fully saturated rings. The molecule has 0 unspecified atom stereocenters. The van der Waals surface area contributed by atoms with Crippen LogP contribution < -0.4 is 10.5 Å². The summed E-state index contributed by atoms with van der Waals surface area (Å²) >= 11 is 0. The average Bonchev–Trinajstić information content (AvgIpc) is 2.68. The second-order valence-corrected chi connectivity index (χ2v) is 6.51. The lowest BCUT2D eigenvalue weighted by atomic mass is 10.00. The van der Waals surface area contributed by atoms with E-state index < -0.39 is 5.56 Å². The van der Waals surface area contributed by atoms with Crippen LogP contribution in [-0.2, 0) is 11.2 Å². The van der Waals surface area contributed by atoms with Crippen molar-refractivity contribution in [2.24, 2.45) is 0 Å². The van der Waals surface area contributed by atoms with Crippen molar-refractivity contribution in [3.63, 3.8) is 0 Å². The second kappa shape index (κ2) is 7.74. The molecule has 0 atom stereocenters. The molecule has 2 aromatic rings. The van der Waals surface area contributed by atoms with Gasteiger partial charge >= 0.3 is 0 Å². The minimum atomic E-state index is -0.574. The Labute approximate surface area is 152 Å². The number of benzene rings is 1. The minimum absolute atomic E-state index is 0.219. The number of hydrogen-bond acceptors (Lipinski definition) is 5. The molecule has 138 valence electrons. The molecule has 2 N–H and O–H groups in total. The number of piperidine rings is 1. The van der Waals surface area contributed by atoms with Crippen molar-refractivity contribution in [2.45, 2.75) is 32.3 Å². The highest BCUT2D eigenvalue weighted by Gasteiger charge is 2.20. The molecule has 3 rings (SSSR count). The number of ether oxygens (including phenoxy) is 1. The number of H-pyrrole nitrogens is 1. The van der Waals surface area contributed by atoms with Gasteiger partial charge in [0.05, 0.1) is 11.8 Å². The van der Waals surface area contributed by atoms with E-state index in [1.165, 1.54) is 0 Å². The first-order valence-corrected chi connectivity index (χ1v) is 8.90. The van der Waals surface area contributed by atoms with Gasteiger partial charge in [-0.25, -0.2) is 0 Å². The minimum Gasteiger partial charge on any atom is -0.507 e. The van der Waals surface area contributed by atoms with E-state index >= 15 is 0 Å². The molecule has 1 saturated heterocycles. The highest BCUT2D eigenvalue weighted by Crippen LogP contribution is 2.31. The third-order valence-corrected chi connectivity index (χ3v) is 5.09. The summed E-state index contributed by atoms with van der Waals surface area (Å²) in [4.78, 5) is 28.1. The van der Waals surface area contributed by atoms with E-state index in [9.17, 15) is 14.7 Å². The maximum atomic E-state index is 12.0. The Bertz CT molecular complexity index is 834. The number of aromatic amines is 1. The molecule has 0 amide bonds. The number of rotatable bonds is 5. The van der Waals surface area contributed by atoms with E-state index in [1.807, 2.05) is 31.2 Å². The topological polar surface area (TPSA) is 82.6 Å². The average molecular weight is 356 g/mol. The van der Waals surface area contributed by atoms with Crippen LogP contribution in [0.5, 0.6) is 5.75 Å². The van der Waals surface area contributed by atoms with Gasteiger partial charge in [0, 0.05) is 31.5 Å². The molecular formula is C20H24N2O4. The molecule has 26 heavy (non-hydrogen) atoms. The molecule has 6 nitrogen and oxygen atoms in total. The molecule has 0 radical (unpaired) electrons. The van der Waals surface area contributed by atoms with Crippen LogP contribution in [0.3, 0.4) is 0 Å². The van der Waals surface area contributed by atoms with Gasteiger partial charge < -0.3 is 19.7 Å². The third-order valence-electron chi connectivity index (χ3n) is 5.09. The Hall–Kier alpha value is -2.60. The number of pyridine rings is 1. The summed E-state index contributed by atoms with van der Waals surface area (Å²) in [5.74, 6) is -0.230. The van der Waals surface area contributed by atoms with Gasteiger partial charge in [-0.3, -0.25) is 9.59 Å². The Kier molecular flexibility index (Phi) is 5.42. The maximum Gasteiger partial charge on any atom is 0.262 e. The van der Waals surface area contributed by atoms with Crippen molar-refractivity contribution in [3.05, 3.63) is 45.7 Å². The van der Waals surface area contributed by atoms with Gasteiger partial charge in [0.1, 0.15) is 11.3 Å². The lowest BCUT2D eigenvalue weighted by Crippen LogP contribution is -2.36. The quantitative estimate of drug-likeness (QED) is 0.805.